The van der Waals surface area contributed by atoms with Crippen LogP contribution in [0.3, 0.4) is 0 Å². The van der Waals surface area contributed by atoms with E-state index in [-0.39, 0.29) is 13.0 Å². The Morgan fingerprint density at radius 2 is 2.09 bits per heavy atom. The van der Waals surface area contributed by atoms with E-state index in [1.165, 1.54) is 6.34 Å². The van der Waals surface area contributed by atoms with Crippen molar-refractivity contribution in [3.8, 4) is 0 Å². The summed E-state index contributed by atoms with van der Waals surface area (Å²) >= 11 is 0. The lowest BCUT2D eigenvalue weighted by Crippen LogP contribution is -2.23. The van der Waals surface area contributed by atoms with Crippen LogP contribution in [-0.4, -0.2) is 49.7 Å². The lowest BCUT2D eigenvalue weighted by atomic mass is 10.0. The Hall–Kier alpha value is -2.42. The number of aromatic nitrogens is 2. The van der Waals surface area contributed by atoms with Crippen LogP contribution in [-0.2, 0) is 16.1 Å². The number of nitrogens with one attached hydrogen (secondary N) is 1. The number of carboxylic acids is 2. The number of aryl methyl sites for hydroxylation is 1. The van der Waals surface area contributed by atoms with Crippen LogP contribution in [0.2, 0.25) is 0 Å². The highest BCUT2D eigenvalue weighted by Gasteiger charge is 2.25. The van der Waals surface area contributed by atoms with Gasteiger partial charge in [-0.25, -0.2) is 4.98 Å². The van der Waals surface area contributed by atoms with Crippen LogP contribution in [0.25, 0.3) is 0 Å². The Labute approximate surface area is 126 Å². The fraction of sp³-hybridized carbons (Fsp3) is 0.538. The summed E-state index contributed by atoms with van der Waals surface area (Å²) in [6, 6.07) is 0. The standard InChI is InChI=1S/C13H18N4O5/c18-9-5-14-6-15-11-10(9)16-7-17(11)4-2-1-3-8(12(19)20)13(21)22/h6-9,18H,1-5H2,(H,14,15)(H,19,20)(H,21,22). The van der Waals surface area contributed by atoms with Crippen molar-refractivity contribution in [1.29, 1.82) is 0 Å². The number of unbranched alkanes of at least 4 members (excludes halogenated alkanes) is 1. The number of aliphatic carboxylic acids is 2. The van der Waals surface area contributed by atoms with E-state index in [1.807, 2.05) is 0 Å². The zero-order valence-corrected chi connectivity index (χ0v) is 11.8. The number of hydrogen-bond acceptors (Lipinski definition) is 6. The number of aliphatic hydroxyl groups excluding tert-OH is 1. The molecule has 22 heavy (non-hydrogen) atoms. The highest BCUT2D eigenvalue weighted by Crippen LogP contribution is 2.24. The summed E-state index contributed by atoms with van der Waals surface area (Å²) in [4.78, 5) is 29.7. The van der Waals surface area contributed by atoms with Crippen LogP contribution in [0.15, 0.2) is 11.3 Å². The van der Waals surface area contributed by atoms with Gasteiger partial charge in [0.25, 0.3) is 0 Å². The van der Waals surface area contributed by atoms with Crippen LogP contribution in [0.4, 0.5) is 5.82 Å². The Kier molecular flexibility index (Phi) is 5.10. The molecule has 0 aliphatic carbocycles. The molecule has 4 N–H and O–H groups in total. The van der Waals surface area contributed by atoms with Crippen LogP contribution >= 0.6 is 0 Å². The molecular weight excluding hydrogens is 292 g/mol. The molecule has 0 aromatic carbocycles. The molecule has 2 heterocycles. The highest BCUT2D eigenvalue weighted by atomic mass is 16.4. The van der Waals surface area contributed by atoms with Crippen molar-refractivity contribution < 1.29 is 24.9 Å². The van der Waals surface area contributed by atoms with Crippen molar-refractivity contribution >= 4 is 24.1 Å². The quantitative estimate of drug-likeness (QED) is 0.420. The third-order valence-corrected chi connectivity index (χ3v) is 3.49. The second kappa shape index (κ2) is 7.03. The fourth-order valence-electron chi connectivity index (χ4n) is 2.30. The Morgan fingerprint density at radius 3 is 2.77 bits per heavy atom. The average molecular weight is 310 g/mol. The second-order valence-corrected chi connectivity index (χ2v) is 5.05. The fourth-order valence-corrected chi connectivity index (χ4v) is 2.30. The molecule has 0 spiro atoms. The minimum absolute atomic E-state index is 0.0824. The summed E-state index contributed by atoms with van der Waals surface area (Å²) < 4.78 is 1.80. The van der Waals surface area contributed by atoms with E-state index in [9.17, 15) is 14.7 Å². The lowest BCUT2D eigenvalue weighted by molar-refractivity contribution is -0.154. The van der Waals surface area contributed by atoms with Crippen LogP contribution in [0, 0.1) is 5.92 Å². The number of imidazole rings is 1. The van der Waals surface area contributed by atoms with Gasteiger partial charge in [-0.05, 0) is 12.8 Å². The second-order valence-electron chi connectivity index (χ2n) is 5.05. The van der Waals surface area contributed by atoms with Crippen molar-refractivity contribution in [2.75, 3.05) is 11.9 Å². The minimum atomic E-state index is -1.37. The summed E-state index contributed by atoms with van der Waals surface area (Å²) in [5, 5.41) is 30.4. The predicted molar refractivity (Wildman–Crippen MR) is 76.8 cm³/mol. The minimum Gasteiger partial charge on any atom is -0.481 e. The third-order valence-electron chi connectivity index (χ3n) is 3.49. The molecule has 1 aliphatic rings. The van der Waals surface area contributed by atoms with Gasteiger partial charge in [0.2, 0.25) is 0 Å². The first-order valence-electron chi connectivity index (χ1n) is 6.94. The summed E-state index contributed by atoms with van der Waals surface area (Å²) in [5.41, 5.74) is 0.520. The van der Waals surface area contributed by atoms with Gasteiger partial charge < -0.3 is 25.2 Å². The Bertz CT molecular complexity index is 569. The number of fused-ring (bicyclic) bond motifs is 1. The lowest BCUT2D eigenvalue weighted by Gasteiger charge is -2.10. The van der Waals surface area contributed by atoms with E-state index >= 15 is 0 Å². The van der Waals surface area contributed by atoms with E-state index in [4.69, 9.17) is 10.2 Å². The molecule has 9 heteroatoms. The third kappa shape index (κ3) is 3.61. The molecule has 1 unspecified atom stereocenters. The van der Waals surface area contributed by atoms with E-state index in [0.717, 1.165) is 0 Å². The Balaban J connectivity index is 1.89. The van der Waals surface area contributed by atoms with Gasteiger partial charge in [-0.1, -0.05) is 6.42 Å². The average Bonchev–Trinajstić information content (AvgIpc) is 2.76. The number of hydrogen-bond donors (Lipinski definition) is 4. The molecule has 0 saturated carbocycles. The van der Waals surface area contributed by atoms with E-state index in [2.05, 4.69) is 15.3 Å². The van der Waals surface area contributed by atoms with Gasteiger partial charge >= 0.3 is 11.9 Å². The number of anilines is 1. The monoisotopic (exact) mass is 310 g/mol. The zero-order valence-electron chi connectivity index (χ0n) is 11.8. The summed E-state index contributed by atoms with van der Waals surface area (Å²) in [7, 11) is 0. The molecule has 0 bridgehead atoms. The van der Waals surface area contributed by atoms with Crippen LogP contribution in [0.5, 0.6) is 0 Å². The molecule has 1 aromatic heterocycles. The van der Waals surface area contributed by atoms with Crippen LogP contribution < -0.4 is 5.32 Å². The topological polar surface area (TPSA) is 137 Å². The van der Waals surface area contributed by atoms with Crippen molar-refractivity contribution in [3.05, 3.63) is 12.0 Å². The van der Waals surface area contributed by atoms with Crippen molar-refractivity contribution in [1.82, 2.24) is 9.55 Å². The maximum atomic E-state index is 10.8. The summed E-state index contributed by atoms with van der Waals surface area (Å²) in [6.07, 6.45) is 3.48. The Morgan fingerprint density at radius 1 is 1.36 bits per heavy atom. The van der Waals surface area contributed by atoms with Gasteiger partial charge in [-0.3, -0.25) is 14.6 Å². The van der Waals surface area contributed by atoms with Gasteiger partial charge in [0.05, 0.1) is 19.2 Å². The van der Waals surface area contributed by atoms with Gasteiger partial charge in [0.15, 0.2) is 5.92 Å². The first kappa shape index (κ1) is 16.0. The molecule has 1 aliphatic heterocycles. The number of carbonyl (C=O) groups is 2. The van der Waals surface area contributed by atoms with Gasteiger partial charge in [-0.15, -0.1) is 0 Å². The van der Waals surface area contributed by atoms with Crippen molar-refractivity contribution in [3.63, 3.8) is 0 Å². The molecule has 9 nitrogen and oxygen atoms in total. The van der Waals surface area contributed by atoms with Gasteiger partial charge in [0, 0.05) is 6.54 Å². The first-order chi connectivity index (χ1) is 10.5. The van der Waals surface area contributed by atoms with Gasteiger partial charge in [-0.2, -0.15) is 0 Å². The largest absolute Gasteiger partial charge is 0.481 e. The number of carboxylic acid groups (broad SMARTS) is 2. The SMILES string of the molecule is O=C(O)C(CCCCn1cnc2c1NC=NCC2O)C(=O)O. The normalized spacial score (nSPS) is 16.9. The summed E-state index contributed by atoms with van der Waals surface area (Å²) in [6.45, 7) is 0.789. The maximum Gasteiger partial charge on any atom is 0.317 e. The maximum absolute atomic E-state index is 10.8. The van der Waals surface area contributed by atoms with E-state index in [1.54, 1.807) is 10.9 Å². The number of nitrogens with zero attached hydrogens (tertiary/aromatic N) is 3. The predicted octanol–water partition coefficient (Wildman–Crippen LogP) is 0.326. The molecular formula is C13H18N4O5. The van der Waals surface area contributed by atoms with Crippen LogP contribution in [0.1, 0.15) is 31.1 Å². The van der Waals surface area contributed by atoms with Crippen molar-refractivity contribution in [2.24, 2.45) is 10.9 Å². The number of aliphatic hydroxyl groups is 1. The van der Waals surface area contributed by atoms with Gasteiger partial charge in [0.1, 0.15) is 17.6 Å². The highest BCUT2D eigenvalue weighted by molar-refractivity contribution is 5.92. The molecule has 0 radical (unpaired) electrons. The molecule has 0 fully saturated rings. The zero-order chi connectivity index (χ0) is 16.1. The molecule has 0 saturated heterocycles. The summed E-state index contributed by atoms with van der Waals surface area (Å²) in [5.74, 6) is -3.34. The molecule has 1 atom stereocenters. The van der Waals surface area contributed by atoms with E-state index < -0.39 is 24.0 Å². The molecule has 120 valence electrons. The number of aliphatic imine (C=N–C) groups is 1. The van der Waals surface area contributed by atoms with E-state index in [0.29, 0.717) is 30.9 Å². The molecule has 1 aromatic rings. The number of rotatable bonds is 7. The molecule has 0 amide bonds. The van der Waals surface area contributed by atoms with Crippen molar-refractivity contribution in [2.45, 2.75) is 31.9 Å². The molecule has 2 rings (SSSR count). The first-order valence-corrected chi connectivity index (χ1v) is 6.94. The smallest absolute Gasteiger partial charge is 0.317 e.